The van der Waals surface area contributed by atoms with Gasteiger partial charge in [-0.2, -0.15) is 0 Å². The molecule has 2 rings (SSSR count). The van der Waals surface area contributed by atoms with Crippen LogP contribution in [-0.2, 0) is 14.3 Å². The summed E-state index contributed by atoms with van der Waals surface area (Å²) < 4.78 is 10.5. The maximum absolute atomic E-state index is 12.1. The highest BCUT2D eigenvalue weighted by Gasteiger charge is 2.29. The third-order valence-electron chi connectivity index (χ3n) is 3.75. The minimum absolute atomic E-state index is 0.0795. The fourth-order valence-corrected chi connectivity index (χ4v) is 2.59. The number of carboxylic acids is 1. The molecular weight excluding hydrogens is 264 g/mol. The van der Waals surface area contributed by atoms with Crippen molar-refractivity contribution in [3.05, 3.63) is 0 Å². The number of rotatable bonds is 5. The van der Waals surface area contributed by atoms with Crippen LogP contribution in [0.15, 0.2) is 0 Å². The van der Waals surface area contributed by atoms with Gasteiger partial charge in [-0.25, -0.2) is 4.79 Å². The first-order valence-electron chi connectivity index (χ1n) is 7.08. The maximum atomic E-state index is 12.1. The highest BCUT2D eigenvalue weighted by Crippen LogP contribution is 2.15. The number of morpholine rings is 1. The van der Waals surface area contributed by atoms with E-state index in [2.05, 4.69) is 5.32 Å². The lowest BCUT2D eigenvalue weighted by atomic mass is 10.1. The number of ether oxygens (including phenoxy) is 2. The zero-order valence-corrected chi connectivity index (χ0v) is 11.5. The fourth-order valence-electron chi connectivity index (χ4n) is 2.59. The lowest BCUT2D eigenvalue weighted by Gasteiger charge is -2.34. The molecule has 2 fully saturated rings. The van der Waals surface area contributed by atoms with E-state index in [4.69, 9.17) is 14.6 Å². The van der Waals surface area contributed by atoms with Crippen molar-refractivity contribution in [3.63, 3.8) is 0 Å². The predicted molar refractivity (Wildman–Crippen MR) is 70.5 cm³/mol. The molecule has 2 atom stereocenters. The highest BCUT2D eigenvalue weighted by molar-refractivity contribution is 5.76. The van der Waals surface area contributed by atoms with Gasteiger partial charge < -0.3 is 24.8 Å². The largest absolute Gasteiger partial charge is 0.481 e. The second-order valence-corrected chi connectivity index (χ2v) is 5.27. The first kappa shape index (κ1) is 15.1. The Hall–Kier alpha value is -1.34. The Morgan fingerprint density at radius 3 is 2.75 bits per heavy atom. The van der Waals surface area contributed by atoms with E-state index in [0.717, 1.165) is 26.1 Å². The van der Waals surface area contributed by atoms with Gasteiger partial charge in [0, 0.05) is 26.3 Å². The Balaban J connectivity index is 1.74. The number of hydrogen-bond acceptors (Lipinski definition) is 4. The minimum atomic E-state index is -0.915. The lowest BCUT2D eigenvalue weighted by molar-refractivity contribution is -0.139. The summed E-state index contributed by atoms with van der Waals surface area (Å²) in [5.74, 6) is -0.392. The second-order valence-electron chi connectivity index (χ2n) is 5.27. The summed E-state index contributed by atoms with van der Waals surface area (Å²) in [5.41, 5.74) is 0. The van der Waals surface area contributed by atoms with Crippen LogP contribution in [-0.4, -0.2) is 67.6 Å². The number of carbonyl (C=O) groups is 2. The van der Waals surface area contributed by atoms with Crippen LogP contribution >= 0.6 is 0 Å². The van der Waals surface area contributed by atoms with Gasteiger partial charge >= 0.3 is 12.0 Å². The Morgan fingerprint density at radius 1 is 1.25 bits per heavy atom. The lowest BCUT2D eigenvalue weighted by Crippen LogP contribution is -2.53. The molecule has 2 aliphatic rings. The smallest absolute Gasteiger partial charge is 0.317 e. The molecule has 0 aromatic carbocycles. The highest BCUT2D eigenvalue weighted by atomic mass is 16.5. The average Bonchev–Trinajstić information content (AvgIpc) is 2.91. The number of carboxylic acid groups (broad SMARTS) is 1. The summed E-state index contributed by atoms with van der Waals surface area (Å²) in [5, 5.41) is 11.7. The van der Waals surface area contributed by atoms with Crippen molar-refractivity contribution in [1.82, 2.24) is 10.2 Å². The summed E-state index contributed by atoms with van der Waals surface area (Å²) in [6.07, 6.45) is 1.87. The molecule has 0 aromatic heterocycles. The van der Waals surface area contributed by atoms with Gasteiger partial charge in [0.25, 0.3) is 0 Å². The molecule has 2 heterocycles. The van der Waals surface area contributed by atoms with Crippen LogP contribution in [0.1, 0.15) is 19.3 Å². The Labute approximate surface area is 118 Å². The molecule has 2 amide bonds. The molecule has 0 aliphatic carbocycles. The molecule has 2 unspecified atom stereocenters. The van der Waals surface area contributed by atoms with Crippen LogP contribution in [0.2, 0.25) is 0 Å². The normalized spacial score (nSPS) is 26.5. The third-order valence-corrected chi connectivity index (χ3v) is 3.75. The Kier molecular flexibility index (Phi) is 5.60. The molecule has 0 spiro atoms. The number of nitrogens with one attached hydrogen (secondary N) is 1. The van der Waals surface area contributed by atoms with Crippen molar-refractivity contribution in [2.24, 2.45) is 5.92 Å². The summed E-state index contributed by atoms with van der Waals surface area (Å²) in [4.78, 5) is 24.5. The number of aliphatic carboxylic acids is 1. The predicted octanol–water partition coefficient (Wildman–Crippen LogP) is 0.298. The molecule has 7 nitrogen and oxygen atoms in total. The van der Waals surface area contributed by atoms with E-state index in [0.29, 0.717) is 25.6 Å². The van der Waals surface area contributed by atoms with E-state index in [-0.39, 0.29) is 25.1 Å². The van der Waals surface area contributed by atoms with E-state index in [1.807, 2.05) is 0 Å². The fraction of sp³-hybridized carbons (Fsp3) is 0.846. The summed E-state index contributed by atoms with van der Waals surface area (Å²) >= 11 is 0. The molecule has 114 valence electrons. The van der Waals surface area contributed by atoms with Gasteiger partial charge in [0.15, 0.2) is 0 Å². The number of urea groups is 1. The molecule has 0 radical (unpaired) electrons. The summed E-state index contributed by atoms with van der Waals surface area (Å²) in [7, 11) is 0. The van der Waals surface area contributed by atoms with Gasteiger partial charge in [-0.1, -0.05) is 0 Å². The number of hydrogen-bond donors (Lipinski definition) is 2. The van der Waals surface area contributed by atoms with Gasteiger partial charge in [0.1, 0.15) is 0 Å². The molecule has 0 aromatic rings. The number of amides is 2. The van der Waals surface area contributed by atoms with Crippen molar-refractivity contribution >= 4 is 12.0 Å². The second kappa shape index (κ2) is 7.44. The zero-order valence-electron chi connectivity index (χ0n) is 11.5. The van der Waals surface area contributed by atoms with Crippen molar-refractivity contribution in [2.45, 2.75) is 25.3 Å². The standard InChI is InChI=1S/C13H22N2O5/c16-12(17)7-11-9-20-6-4-15(11)13(18)14-3-1-10-2-5-19-8-10/h10-11H,1-9H2,(H,14,18)(H,16,17). The van der Waals surface area contributed by atoms with Crippen molar-refractivity contribution in [1.29, 1.82) is 0 Å². The SMILES string of the molecule is O=C(O)CC1COCCN1C(=O)NCCC1CCOC1. The minimum Gasteiger partial charge on any atom is -0.481 e. The molecule has 0 bridgehead atoms. The van der Waals surface area contributed by atoms with Crippen LogP contribution in [0.3, 0.4) is 0 Å². The van der Waals surface area contributed by atoms with Gasteiger partial charge in [-0.15, -0.1) is 0 Å². The van der Waals surface area contributed by atoms with Crippen LogP contribution in [0.5, 0.6) is 0 Å². The zero-order chi connectivity index (χ0) is 14.4. The van der Waals surface area contributed by atoms with Crippen LogP contribution in [0.25, 0.3) is 0 Å². The van der Waals surface area contributed by atoms with Gasteiger partial charge in [0.05, 0.1) is 25.7 Å². The van der Waals surface area contributed by atoms with Crippen LogP contribution in [0.4, 0.5) is 4.79 Å². The van der Waals surface area contributed by atoms with E-state index in [9.17, 15) is 9.59 Å². The van der Waals surface area contributed by atoms with E-state index < -0.39 is 5.97 Å². The molecule has 7 heteroatoms. The first-order valence-corrected chi connectivity index (χ1v) is 7.08. The van der Waals surface area contributed by atoms with Gasteiger partial charge in [-0.3, -0.25) is 4.79 Å². The van der Waals surface area contributed by atoms with E-state index in [1.165, 1.54) is 0 Å². The average molecular weight is 286 g/mol. The van der Waals surface area contributed by atoms with Crippen molar-refractivity contribution in [3.8, 4) is 0 Å². The van der Waals surface area contributed by atoms with Crippen LogP contribution in [0, 0.1) is 5.92 Å². The van der Waals surface area contributed by atoms with Gasteiger partial charge in [0.2, 0.25) is 0 Å². The topological polar surface area (TPSA) is 88.1 Å². The maximum Gasteiger partial charge on any atom is 0.317 e. The molecule has 2 aliphatic heterocycles. The Bertz CT molecular complexity index is 344. The van der Waals surface area contributed by atoms with E-state index >= 15 is 0 Å². The van der Waals surface area contributed by atoms with Gasteiger partial charge in [-0.05, 0) is 18.8 Å². The van der Waals surface area contributed by atoms with Crippen molar-refractivity contribution in [2.75, 3.05) is 39.5 Å². The molecule has 0 saturated carbocycles. The van der Waals surface area contributed by atoms with Crippen LogP contribution < -0.4 is 5.32 Å². The monoisotopic (exact) mass is 286 g/mol. The molecule has 2 saturated heterocycles. The first-order chi connectivity index (χ1) is 9.66. The van der Waals surface area contributed by atoms with E-state index in [1.54, 1.807) is 4.90 Å². The summed E-state index contributed by atoms with van der Waals surface area (Å²) in [6.45, 7) is 3.37. The number of nitrogens with zero attached hydrogens (tertiary/aromatic N) is 1. The third kappa shape index (κ3) is 4.35. The Morgan fingerprint density at radius 2 is 2.05 bits per heavy atom. The quantitative estimate of drug-likeness (QED) is 0.759. The van der Waals surface area contributed by atoms with Crippen molar-refractivity contribution < 1.29 is 24.2 Å². The molecule has 20 heavy (non-hydrogen) atoms. The molecular formula is C13H22N2O5. The number of carbonyl (C=O) groups excluding carboxylic acids is 1. The molecule has 2 N–H and O–H groups in total. The summed E-state index contributed by atoms with van der Waals surface area (Å²) in [6, 6.07) is -0.575.